The summed E-state index contributed by atoms with van der Waals surface area (Å²) in [5.41, 5.74) is 1.23. The minimum absolute atomic E-state index is 0.158. The number of nitrogens with zero attached hydrogens (tertiary/aromatic N) is 2. The van der Waals surface area contributed by atoms with Crippen molar-refractivity contribution in [3.63, 3.8) is 0 Å². The second-order valence-corrected chi connectivity index (χ2v) is 5.39. The molecule has 24 heavy (non-hydrogen) atoms. The third kappa shape index (κ3) is 3.92. The number of anilines is 2. The van der Waals surface area contributed by atoms with Crippen molar-refractivity contribution in [3.8, 4) is 11.5 Å². The van der Waals surface area contributed by atoms with E-state index in [1.165, 1.54) is 12.4 Å². The Balaban J connectivity index is 1.63. The molecule has 1 aromatic carbocycles. The lowest BCUT2D eigenvalue weighted by Gasteiger charge is -2.18. The lowest BCUT2D eigenvalue weighted by Crippen LogP contribution is -2.24. The molecule has 0 fully saturated rings. The Kier molecular flexibility index (Phi) is 5.10. The average molecular weight is 328 g/mol. The SMILES string of the molecule is CCCCNC(=O)c1cnc(Nc2ccc3c(c2)OCCO3)nc1. The van der Waals surface area contributed by atoms with Gasteiger partial charge in [-0.25, -0.2) is 9.97 Å². The molecule has 0 unspecified atom stereocenters. The Labute approximate surface area is 140 Å². The van der Waals surface area contributed by atoms with E-state index in [2.05, 4.69) is 27.5 Å². The van der Waals surface area contributed by atoms with Crippen LogP contribution in [0.15, 0.2) is 30.6 Å². The highest BCUT2D eigenvalue weighted by atomic mass is 16.6. The number of nitrogens with one attached hydrogen (secondary N) is 2. The Morgan fingerprint density at radius 1 is 1.17 bits per heavy atom. The number of aromatic nitrogens is 2. The number of unbranched alkanes of at least 4 members (excludes halogenated alkanes) is 1. The summed E-state index contributed by atoms with van der Waals surface area (Å²) in [6, 6.07) is 5.54. The number of rotatable bonds is 6. The first-order valence-corrected chi connectivity index (χ1v) is 8.03. The number of amides is 1. The van der Waals surface area contributed by atoms with Crippen LogP contribution in [-0.4, -0.2) is 35.6 Å². The van der Waals surface area contributed by atoms with Gasteiger partial charge in [-0.05, 0) is 18.6 Å². The standard InChI is InChI=1S/C17H20N4O3/c1-2-3-6-18-16(22)12-10-19-17(20-11-12)21-13-4-5-14-15(9-13)24-8-7-23-14/h4-5,9-11H,2-3,6-8H2,1H3,(H,18,22)(H,19,20,21). The van der Waals surface area contributed by atoms with E-state index in [0.717, 1.165) is 24.3 Å². The van der Waals surface area contributed by atoms with Crippen molar-refractivity contribution in [2.75, 3.05) is 25.1 Å². The summed E-state index contributed by atoms with van der Waals surface area (Å²) >= 11 is 0. The quantitative estimate of drug-likeness (QED) is 0.793. The normalized spacial score (nSPS) is 12.5. The monoisotopic (exact) mass is 328 g/mol. The van der Waals surface area contributed by atoms with Gasteiger partial charge in [-0.2, -0.15) is 0 Å². The second-order valence-electron chi connectivity index (χ2n) is 5.39. The van der Waals surface area contributed by atoms with Crippen LogP contribution in [0.4, 0.5) is 11.6 Å². The topological polar surface area (TPSA) is 85.4 Å². The Hall–Kier alpha value is -2.83. The van der Waals surface area contributed by atoms with Crippen molar-refractivity contribution < 1.29 is 14.3 Å². The van der Waals surface area contributed by atoms with Gasteiger partial charge < -0.3 is 20.1 Å². The predicted molar refractivity (Wildman–Crippen MR) is 90.0 cm³/mol. The molecule has 2 heterocycles. The number of hydrogen-bond acceptors (Lipinski definition) is 6. The number of carbonyl (C=O) groups excluding carboxylic acids is 1. The van der Waals surface area contributed by atoms with E-state index in [0.29, 0.717) is 37.0 Å². The van der Waals surface area contributed by atoms with E-state index >= 15 is 0 Å². The van der Waals surface area contributed by atoms with E-state index < -0.39 is 0 Å². The number of fused-ring (bicyclic) bond motifs is 1. The highest BCUT2D eigenvalue weighted by Gasteiger charge is 2.12. The molecule has 2 aromatic rings. The summed E-state index contributed by atoms with van der Waals surface area (Å²) in [7, 11) is 0. The smallest absolute Gasteiger partial charge is 0.254 e. The fourth-order valence-electron chi connectivity index (χ4n) is 2.24. The minimum atomic E-state index is -0.158. The van der Waals surface area contributed by atoms with E-state index in [4.69, 9.17) is 9.47 Å². The van der Waals surface area contributed by atoms with E-state index in [1.54, 1.807) is 0 Å². The molecule has 7 heteroatoms. The molecule has 0 atom stereocenters. The molecule has 0 radical (unpaired) electrons. The molecule has 0 saturated heterocycles. The maximum absolute atomic E-state index is 11.9. The van der Waals surface area contributed by atoms with Gasteiger partial charge in [-0.3, -0.25) is 4.79 Å². The number of carbonyl (C=O) groups is 1. The molecule has 2 N–H and O–H groups in total. The van der Waals surface area contributed by atoms with Gasteiger partial charge in [0, 0.05) is 30.7 Å². The van der Waals surface area contributed by atoms with Crippen molar-refractivity contribution in [1.82, 2.24) is 15.3 Å². The van der Waals surface area contributed by atoms with Crippen LogP contribution in [-0.2, 0) is 0 Å². The fourth-order valence-corrected chi connectivity index (χ4v) is 2.24. The van der Waals surface area contributed by atoms with Gasteiger partial charge in [-0.15, -0.1) is 0 Å². The Bertz CT molecular complexity index is 703. The van der Waals surface area contributed by atoms with Crippen LogP contribution in [0.1, 0.15) is 30.1 Å². The Morgan fingerprint density at radius 3 is 2.67 bits per heavy atom. The third-order valence-corrected chi connectivity index (χ3v) is 3.53. The predicted octanol–water partition coefficient (Wildman–Crippen LogP) is 2.52. The van der Waals surface area contributed by atoms with E-state index in [9.17, 15) is 4.79 Å². The molecule has 1 aliphatic heterocycles. The lowest BCUT2D eigenvalue weighted by molar-refractivity contribution is 0.0952. The van der Waals surface area contributed by atoms with Gasteiger partial charge in [0.25, 0.3) is 5.91 Å². The maximum Gasteiger partial charge on any atom is 0.254 e. The Morgan fingerprint density at radius 2 is 1.92 bits per heavy atom. The molecule has 1 amide bonds. The largest absolute Gasteiger partial charge is 0.486 e. The average Bonchev–Trinajstić information content (AvgIpc) is 2.62. The highest BCUT2D eigenvalue weighted by molar-refractivity contribution is 5.93. The van der Waals surface area contributed by atoms with E-state index in [1.807, 2.05) is 18.2 Å². The van der Waals surface area contributed by atoms with Crippen LogP contribution < -0.4 is 20.1 Å². The molecular formula is C17H20N4O3. The molecule has 126 valence electrons. The van der Waals surface area contributed by atoms with Gasteiger partial charge in [0.2, 0.25) is 5.95 Å². The summed E-state index contributed by atoms with van der Waals surface area (Å²) in [5.74, 6) is 1.68. The van der Waals surface area contributed by atoms with Crippen LogP contribution in [0.25, 0.3) is 0 Å². The van der Waals surface area contributed by atoms with Crippen molar-refractivity contribution >= 4 is 17.5 Å². The molecule has 1 aliphatic rings. The first-order valence-electron chi connectivity index (χ1n) is 8.03. The summed E-state index contributed by atoms with van der Waals surface area (Å²) in [6.45, 7) is 3.83. The molecule has 0 aliphatic carbocycles. The van der Waals surface area contributed by atoms with Gasteiger partial charge in [0.1, 0.15) is 13.2 Å². The fraction of sp³-hybridized carbons (Fsp3) is 0.353. The molecular weight excluding hydrogens is 308 g/mol. The summed E-state index contributed by atoms with van der Waals surface area (Å²) in [6.07, 6.45) is 5.01. The van der Waals surface area contributed by atoms with Crippen molar-refractivity contribution in [3.05, 3.63) is 36.2 Å². The zero-order chi connectivity index (χ0) is 16.8. The molecule has 7 nitrogen and oxygen atoms in total. The van der Waals surface area contributed by atoms with Crippen molar-refractivity contribution in [1.29, 1.82) is 0 Å². The molecule has 0 saturated carbocycles. The summed E-state index contributed by atoms with van der Waals surface area (Å²) in [4.78, 5) is 20.3. The molecule has 0 spiro atoms. The zero-order valence-corrected chi connectivity index (χ0v) is 13.5. The van der Waals surface area contributed by atoms with E-state index in [-0.39, 0.29) is 5.91 Å². The van der Waals surface area contributed by atoms with Crippen LogP contribution in [0.3, 0.4) is 0 Å². The van der Waals surface area contributed by atoms with Crippen molar-refractivity contribution in [2.45, 2.75) is 19.8 Å². The van der Waals surface area contributed by atoms with Gasteiger partial charge >= 0.3 is 0 Å². The van der Waals surface area contributed by atoms with Gasteiger partial charge in [0.15, 0.2) is 11.5 Å². The van der Waals surface area contributed by atoms with Crippen LogP contribution in [0, 0.1) is 0 Å². The lowest BCUT2D eigenvalue weighted by atomic mass is 10.2. The zero-order valence-electron chi connectivity index (χ0n) is 13.5. The third-order valence-electron chi connectivity index (χ3n) is 3.53. The number of hydrogen-bond donors (Lipinski definition) is 2. The first kappa shape index (κ1) is 16.0. The van der Waals surface area contributed by atoms with Gasteiger partial charge in [0.05, 0.1) is 5.56 Å². The second kappa shape index (κ2) is 7.63. The highest BCUT2D eigenvalue weighted by Crippen LogP contribution is 2.33. The molecule has 0 bridgehead atoms. The molecule has 1 aromatic heterocycles. The maximum atomic E-state index is 11.9. The first-order chi connectivity index (χ1) is 11.8. The van der Waals surface area contributed by atoms with Crippen LogP contribution >= 0.6 is 0 Å². The summed E-state index contributed by atoms with van der Waals surface area (Å²) in [5, 5.41) is 5.92. The minimum Gasteiger partial charge on any atom is -0.486 e. The van der Waals surface area contributed by atoms with Crippen LogP contribution in [0.5, 0.6) is 11.5 Å². The summed E-state index contributed by atoms with van der Waals surface area (Å²) < 4.78 is 11.0. The van der Waals surface area contributed by atoms with Crippen LogP contribution in [0.2, 0.25) is 0 Å². The number of benzene rings is 1. The number of ether oxygens (including phenoxy) is 2. The van der Waals surface area contributed by atoms with Gasteiger partial charge in [-0.1, -0.05) is 13.3 Å². The molecule has 3 rings (SSSR count). The van der Waals surface area contributed by atoms with Crippen molar-refractivity contribution in [2.24, 2.45) is 0 Å².